The summed E-state index contributed by atoms with van der Waals surface area (Å²) in [6.45, 7) is 9.99. The first-order valence-electron chi connectivity index (χ1n) is 7.95. The van der Waals surface area contributed by atoms with Gasteiger partial charge in [0.1, 0.15) is 0 Å². The molecule has 2 aromatic rings. The molecule has 21 heavy (non-hydrogen) atoms. The van der Waals surface area contributed by atoms with Gasteiger partial charge in [-0.05, 0) is 25.0 Å². The summed E-state index contributed by atoms with van der Waals surface area (Å²) in [6.07, 6.45) is 0. The number of pyridine rings is 1. The van der Waals surface area contributed by atoms with Crippen molar-refractivity contribution in [2.75, 3.05) is 13.1 Å². The quantitative estimate of drug-likeness (QED) is 0.938. The Hall–Kier alpha value is -1.45. The van der Waals surface area contributed by atoms with Crippen LogP contribution in [-0.4, -0.2) is 35.1 Å². The van der Waals surface area contributed by atoms with Gasteiger partial charge in [-0.2, -0.15) is 0 Å². The van der Waals surface area contributed by atoms with Crippen LogP contribution in [0.25, 0.3) is 10.9 Å². The Morgan fingerprint density at radius 3 is 2.86 bits per heavy atom. The van der Waals surface area contributed by atoms with Crippen molar-refractivity contribution < 1.29 is 0 Å². The lowest BCUT2D eigenvalue weighted by Gasteiger charge is -2.40. The highest BCUT2D eigenvalue weighted by Crippen LogP contribution is 2.17. The van der Waals surface area contributed by atoms with E-state index in [1.807, 2.05) is 0 Å². The summed E-state index contributed by atoms with van der Waals surface area (Å²) in [5.74, 6) is 0.671. The van der Waals surface area contributed by atoms with E-state index in [4.69, 9.17) is 4.98 Å². The SMILES string of the molecule is CC(C)C1CN(Cc2ccc3ccccc3n2)C(C)CN1. The maximum absolute atomic E-state index is 4.81. The molecule has 112 valence electrons. The molecule has 1 aromatic heterocycles. The largest absolute Gasteiger partial charge is 0.311 e. The minimum atomic E-state index is 0.563. The maximum atomic E-state index is 4.81. The molecule has 2 heterocycles. The third-order valence-corrected chi connectivity index (χ3v) is 4.56. The number of nitrogens with one attached hydrogen (secondary N) is 1. The predicted molar refractivity (Wildman–Crippen MR) is 88.2 cm³/mol. The van der Waals surface area contributed by atoms with E-state index in [-0.39, 0.29) is 0 Å². The van der Waals surface area contributed by atoms with Crippen molar-refractivity contribution in [2.45, 2.75) is 39.4 Å². The molecule has 0 amide bonds. The summed E-state index contributed by atoms with van der Waals surface area (Å²) in [6, 6.07) is 13.8. The number of piperazine rings is 1. The van der Waals surface area contributed by atoms with Crippen molar-refractivity contribution in [1.82, 2.24) is 15.2 Å². The maximum Gasteiger partial charge on any atom is 0.0705 e. The standard InChI is InChI=1S/C18H25N3/c1-13(2)18-12-21(14(3)10-19-18)11-16-9-8-15-6-4-5-7-17(15)20-16/h4-9,13-14,18-19H,10-12H2,1-3H3. The van der Waals surface area contributed by atoms with E-state index < -0.39 is 0 Å². The monoisotopic (exact) mass is 283 g/mol. The van der Waals surface area contributed by atoms with Crippen LogP contribution in [0.5, 0.6) is 0 Å². The van der Waals surface area contributed by atoms with Gasteiger partial charge in [-0.3, -0.25) is 9.88 Å². The normalized spacial score (nSPS) is 23.8. The Labute approximate surface area is 127 Å². The van der Waals surface area contributed by atoms with E-state index >= 15 is 0 Å². The van der Waals surface area contributed by atoms with Crippen molar-refractivity contribution in [2.24, 2.45) is 5.92 Å². The molecule has 3 nitrogen and oxygen atoms in total. The van der Waals surface area contributed by atoms with Crippen LogP contribution < -0.4 is 5.32 Å². The molecule has 1 aliphatic rings. The van der Waals surface area contributed by atoms with Gasteiger partial charge in [-0.1, -0.05) is 38.1 Å². The Bertz CT molecular complexity index is 608. The molecular formula is C18H25N3. The van der Waals surface area contributed by atoms with Gasteiger partial charge in [-0.25, -0.2) is 0 Å². The first kappa shape index (κ1) is 14.5. The summed E-state index contributed by atoms with van der Waals surface area (Å²) in [5, 5.41) is 4.87. The number of fused-ring (bicyclic) bond motifs is 1. The van der Waals surface area contributed by atoms with Crippen molar-refractivity contribution in [1.29, 1.82) is 0 Å². The molecule has 1 fully saturated rings. The second-order valence-electron chi connectivity index (χ2n) is 6.53. The highest BCUT2D eigenvalue weighted by atomic mass is 15.2. The second kappa shape index (κ2) is 6.12. The topological polar surface area (TPSA) is 28.2 Å². The predicted octanol–water partition coefficient (Wildman–Crippen LogP) is 3.05. The Balaban J connectivity index is 1.76. The molecule has 0 saturated carbocycles. The van der Waals surface area contributed by atoms with Gasteiger partial charge < -0.3 is 5.32 Å². The molecule has 1 aliphatic heterocycles. The summed E-state index contributed by atoms with van der Waals surface area (Å²) >= 11 is 0. The van der Waals surface area contributed by atoms with Crippen LogP contribution in [0.3, 0.4) is 0 Å². The highest BCUT2D eigenvalue weighted by Gasteiger charge is 2.26. The number of para-hydroxylation sites is 1. The molecule has 1 saturated heterocycles. The molecule has 0 spiro atoms. The van der Waals surface area contributed by atoms with Gasteiger partial charge in [0.15, 0.2) is 0 Å². The molecule has 3 heteroatoms. The van der Waals surface area contributed by atoms with Gasteiger partial charge in [0.2, 0.25) is 0 Å². The first-order valence-corrected chi connectivity index (χ1v) is 7.95. The molecule has 0 bridgehead atoms. The van der Waals surface area contributed by atoms with Crippen LogP contribution in [0.15, 0.2) is 36.4 Å². The summed E-state index contributed by atoms with van der Waals surface area (Å²) in [7, 11) is 0. The number of rotatable bonds is 3. The smallest absolute Gasteiger partial charge is 0.0705 e. The molecule has 1 aromatic carbocycles. The van der Waals surface area contributed by atoms with Gasteiger partial charge in [0, 0.05) is 37.1 Å². The Kier molecular flexibility index (Phi) is 4.22. The number of hydrogen-bond donors (Lipinski definition) is 1. The lowest BCUT2D eigenvalue weighted by molar-refractivity contribution is 0.115. The Morgan fingerprint density at radius 2 is 2.05 bits per heavy atom. The van der Waals surface area contributed by atoms with Gasteiger partial charge in [0.25, 0.3) is 0 Å². The molecular weight excluding hydrogens is 258 g/mol. The summed E-state index contributed by atoms with van der Waals surface area (Å²) in [4.78, 5) is 7.37. The minimum Gasteiger partial charge on any atom is -0.311 e. The number of benzene rings is 1. The van der Waals surface area contributed by atoms with Crippen LogP contribution in [0.1, 0.15) is 26.5 Å². The fourth-order valence-corrected chi connectivity index (χ4v) is 3.02. The van der Waals surface area contributed by atoms with E-state index in [1.54, 1.807) is 0 Å². The zero-order chi connectivity index (χ0) is 14.8. The van der Waals surface area contributed by atoms with E-state index in [0.29, 0.717) is 18.0 Å². The lowest BCUT2D eigenvalue weighted by Crippen LogP contribution is -2.56. The van der Waals surface area contributed by atoms with E-state index in [2.05, 4.69) is 67.4 Å². The number of aromatic nitrogens is 1. The average molecular weight is 283 g/mol. The molecule has 1 N–H and O–H groups in total. The molecule has 0 radical (unpaired) electrons. The summed E-state index contributed by atoms with van der Waals surface area (Å²) < 4.78 is 0. The fraction of sp³-hybridized carbons (Fsp3) is 0.500. The lowest BCUT2D eigenvalue weighted by atomic mass is 9.99. The highest BCUT2D eigenvalue weighted by molar-refractivity contribution is 5.78. The van der Waals surface area contributed by atoms with Crippen LogP contribution in [0.2, 0.25) is 0 Å². The average Bonchev–Trinajstić information content (AvgIpc) is 2.49. The fourth-order valence-electron chi connectivity index (χ4n) is 3.02. The van der Waals surface area contributed by atoms with Crippen LogP contribution >= 0.6 is 0 Å². The Morgan fingerprint density at radius 1 is 1.24 bits per heavy atom. The molecule has 0 aliphatic carbocycles. The van der Waals surface area contributed by atoms with Gasteiger partial charge >= 0.3 is 0 Å². The number of hydrogen-bond acceptors (Lipinski definition) is 3. The zero-order valence-corrected chi connectivity index (χ0v) is 13.2. The van der Waals surface area contributed by atoms with Crippen molar-refractivity contribution in [3.05, 3.63) is 42.1 Å². The number of nitrogens with zero attached hydrogens (tertiary/aromatic N) is 2. The third kappa shape index (κ3) is 3.25. The van der Waals surface area contributed by atoms with E-state index in [9.17, 15) is 0 Å². The second-order valence-corrected chi connectivity index (χ2v) is 6.53. The van der Waals surface area contributed by atoms with Crippen LogP contribution in [0.4, 0.5) is 0 Å². The minimum absolute atomic E-state index is 0.563. The molecule has 2 atom stereocenters. The van der Waals surface area contributed by atoms with Gasteiger partial charge in [0.05, 0.1) is 11.2 Å². The van der Waals surface area contributed by atoms with Gasteiger partial charge in [-0.15, -0.1) is 0 Å². The summed E-state index contributed by atoms with van der Waals surface area (Å²) in [5.41, 5.74) is 2.27. The van der Waals surface area contributed by atoms with Crippen molar-refractivity contribution in [3.8, 4) is 0 Å². The van der Waals surface area contributed by atoms with Crippen molar-refractivity contribution in [3.63, 3.8) is 0 Å². The zero-order valence-electron chi connectivity index (χ0n) is 13.2. The van der Waals surface area contributed by atoms with E-state index in [0.717, 1.165) is 25.2 Å². The third-order valence-electron chi connectivity index (χ3n) is 4.56. The molecule has 3 rings (SSSR count). The molecule has 2 unspecified atom stereocenters. The van der Waals surface area contributed by atoms with Crippen LogP contribution in [0, 0.1) is 5.92 Å². The first-order chi connectivity index (χ1) is 10.1. The van der Waals surface area contributed by atoms with E-state index in [1.165, 1.54) is 11.1 Å². The van der Waals surface area contributed by atoms with Crippen molar-refractivity contribution >= 4 is 10.9 Å². The van der Waals surface area contributed by atoms with Crippen LogP contribution in [-0.2, 0) is 6.54 Å².